The van der Waals surface area contributed by atoms with Crippen LogP contribution in [0.4, 0.5) is 0 Å². The predicted octanol–water partition coefficient (Wildman–Crippen LogP) is 2.79. The average molecular weight is 1840 g/mol. The van der Waals surface area contributed by atoms with E-state index in [9.17, 15) is 107 Å². The number of Topliss-reactive ketones (excluding diaryl/α,β-unsaturated/α-hetero) is 2. The summed E-state index contributed by atoms with van der Waals surface area (Å²) in [6.45, 7) is 30.2. The molecule has 4 saturated heterocycles. The van der Waals surface area contributed by atoms with Crippen molar-refractivity contribution in [1.29, 1.82) is 0 Å². The Balaban J connectivity index is 0.000000464. The minimum absolute atomic E-state index is 0.0157. The number of benzene rings is 2. The molecule has 38 nitrogen and oxygen atoms in total. The Labute approximate surface area is 767 Å². The van der Waals surface area contributed by atoms with Crippen molar-refractivity contribution in [1.82, 2.24) is 62.1 Å². The number of ether oxygens (including phenoxy) is 2. The van der Waals surface area contributed by atoms with Gasteiger partial charge in [-0.05, 0) is 136 Å². The molecule has 0 spiro atoms. The van der Waals surface area contributed by atoms with Crippen LogP contribution in [0, 0.1) is 59.2 Å². The molecular weight excluding hydrogens is 1700 g/mol. The van der Waals surface area contributed by atoms with Gasteiger partial charge in [-0.2, -0.15) is 0 Å². The Bertz CT molecular complexity index is 4330. The van der Waals surface area contributed by atoms with E-state index in [4.69, 9.17) is 20.9 Å². The zero-order chi connectivity index (χ0) is 98.8. The van der Waals surface area contributed by atoms with E-state index >= 15 is 0 Å². The summed E-state index contributed by atoms with van der Waals surface area (Å²) in [6, 6.07) is -4.66. The van der Waals surface area contributed by atoms with Gasteiger partial charge in [0.1, 0.15) is 120 Å². The summed E-state index contributed by atoms with van der Waals surface area (Å²) in [5.74, 6) is -19.6. The van der Waals surface area contributed by atoms with Crippen LogP contribution in [0.2, 0.25) is 0 Å². The first-order chi connectivity index (χ1) is 61.3. The number of likely N-dealkylation sites (N-methyl/N-ethyl adjacent to an activating group) is 2. The van der Waals surface area contributed by atoms with E-state index in [2.05, 4.69) is 42.5 Å². The lowest BCUT2D eigenvalue weighted by molar-refractivity contribution is -0.168. The summed E-state index contributed by atoms with van der Waals surface area (Å²) in [5.41, 5.74) is 11.9. The van der Waals surface area contributed by atoms with Crippen LogP contribution in [0.1, 0.15) is 232 Å². The highest BCUT2D eigenvalue weighted by Crippen LogP contribution is 2.32. The van der Waals surface area contributed by atoms with E-state index in [1.807, 2.05) is 0 Å². The van der Waals surface area contributed by atoms with Crippen molar-refractivity contribution in [3.8, 4) is 11.5 Å². The topological polar surface area (TPSA) is 568 Å². The number of phenols is 2. The zero-order valence-electron chi connectivity index (χ0n) is 79.5. The number of amides is 14. The standard InChI is InChI=1S/C47H73N7O12.C46H71N7O12/c1-11-26(7)38-47(65)66-28(9)39(52-41(59)30(15-19-36(48)57)23-35(56)25(5)6)44(62)50-33(21-24(3)4)42(60)49-32-18-20-37(58)54(45(32)63)40(27(8)12-2)46(64)53(10)34(43(61)51-38)22-29-13-16-31(55)17-14-29;1-11-26(8)37-46(64)65-27(9)38(51-40(58)29(14-18-35(47)56)22-34(55)24(4)5)43(61)49-32(20-23(2)3)41(59)48-31-17-19-36(57)53(44(31)62)39(25(6)7)45(63)52(10)33(42(60)50-37)21-28-12-15-30(54)16-13-28/h13-14,16-17,24-28,30,32-34,37-40,55,58H,11-12,15,18-23H2,1-10H3,(H2,48,57)(H,49,60)(H,50,62)(H,51,61)(H,52,59);12-13,15-16,23-27,29,31-33,36-39,54,57H,11,14,17-22H2,1-10H3,(H2,47,56)(H,48,59)(H,49,61)(H,50,60)(H,51,58)/t26?,27?,28-,30+,32?,33-,34-,37-,38-,39-,40-;26?,27-,29+,31?,32-,33-,36-,37-,38-,39-/m00/s1. The number of nitrogens with zero attached hydrogens (tertiary/aromatic N) is 4. The molecule has 21 atom stereocenters. The SMILES string of the molecule is CCC(C)[C@@H]1NC(=O)[C@H](Cc2ccc(O)cc2)N(C)C(=O)[C@H](C(C)C)N2C(=O)C(CC[C@@H]2O)NC(=O)[C@H](CC(C)C)NC(=O)[C@@H](NC(=O)[C@H](CCC(N)=O)CC(=O)C(C)C)[C@H](C)OC1=O.CCC(C)[C@@H]1NC(=O)[C@H](Cc2ccc(O)cc2)N(C)C(=O)[C@H](C(C)CC)N2C(=O)C(CC[C@@H]2O)NC(=O)[C@H](CC(C)C)NC(=O)[C@@H](NC(=O)[C@H](CCC(N)=O)CC(=O)C(C)C)[C@H](C)OC1=O. The summed E-state index contributed by atoms with van der Waals surface area (Å²) >= 11 is 0. The van der Waals surface area contributed by atoms with Crippen LogP contribution in [0.5, 0.6) is 11.5 Å². The van der Waals surface area contributed by atoms with Gasteiger partial charge in [-0.3, -0.25) is 76.7 Å². The van der Waals surface area contributed by atoms with Gasteiger partial charge in [-0.25, -0.2) is 9.59 Å². The van der Waals surface area contributed by atoms with Gasteiger partial charge in [0.25, 0.3) is 0 Å². The highest BCUT2D eigenvalue weighted by molar-refractivity contribution is 6.01. The fourth-order valence-corrected chi connectivity index (χ4v) is 16.1. The number of aliphatic hydroxyl groups is 2. The first-order valence-electron chi connectivity index (χ1n) is 45.8. The number of primary amides is 2. The van der Waals surface area contributed by atoms with Crippen LogP contribution in [0.3, 0.4) is 0 Å². The molecule has 6 rings (SSSR count). The lowest BCUT2D eigenvalue weighted by atomic mass is 9.91. The Hall–Kier alpha value is -11.2. The number of carbonyl (C=O) groups excluding carboxylic acids is 18. The van der Waals surface area contributed by atoms with Gasteiger partial charge in [0, 0.05) is 76.3 Å². The lowest BCUT2D eigenvalue weighted by Gasteiger charge is -2.44. The number of carbonyl (C=O) groups is 18. The summed E-state index contributed by atoms with van der Waals surface area (Å²) in [5, 5.41) is 64.3. The summed E-state index contributed by atoms with van der Waals surface area (Å²) in [4.78, 5) is 256. The Morgan fingerprint density at radius 1 is 0.443 bits per heavy atom. The summed E-state index contributed by atoms with van der Waals surface area (Å²) in [7, 11) is 2.76. The average Bonchev–Trinajstić information content (AvgIpc) is 1.36. The number of nitrogens with two attached hydrogens (primary N) is 2. The number of cyclic esters (lactones) is 2. The fourth-order valence-electron chi connectivity index (χ4n) is 16.1. The maximum absolute atomic E-state index is 14.9. The maximum Gasteiger partial charge on any atom is 0.329 e. The molecule has 131 heavy (non-hydrogen) atoms. The van der Waals surface area contributed by atoms with Gasteiger partial charge in [0.05, 0.1) is 0 Å². The minimum atomic E-state index is -1.70. The van der Waals surface area contributed by atoms with E-state index in [-0.39, 0.29) is 125 Å². The number of ketones is 2. The highest BCUT2D eigenvalue weighted by Gasteiger charge is 2.51. The zero-order valence-corrected chi connectivity index (χ0v) is 79.5. The van der Waals surface area contributed by atoms with Crippen molar-refractivity contribution in [2.24, 2.45) is 70.6 Å². The van der Waals surface area contributed by atoms with Gasteiger partial charge in [-0.15, -0.1) is 0 Å². The van der Waals surface area contributed by atoms with E-state index in [1.165, 1.54) is 57.1 Å². The molecule has 730 valence electrons. The highest BCUT2D eigenvalue weighted by atomic mass is 16.6. The number of rotatable bonds is 31. The molecule has 0 aliphatic carbocycles. The molecule has 4 fully saturated rings. The number of piperidine rings is 2. The van der Waals surface area contributed by atoms with Crippen molar-refractivity contribution < 1.29 is 116 Å². The molecule has 16 N–H and O–H groups in total. The smallest absolute Gasteiger partial charge is 0.329 e. The largest absolute Gasteiger partial charge is 0.508 e. The molecule has 38 heteroatoms. The van der Waals surface area contributed by atoms with Crippen LogP contribution < -0.4 is 54.0 Å². The number of aliphatic hydroxyl groups excluding tert-OH is 2. The van der Waals surface area contributed by atoms with E-state index < -0.39 is 239 Å². The second-order valence-electron chi connectivity index (χ2n) is 37.4. The first kappa shape index (κ1) is 110. The molecule has 0 aromatic heterocycles. The van der Waals surface area contributed by atoms with Gasteiger partial charge in [0.2, 0.25) is 82.7 Å². The molecule has 0 saturated carbocycles. The van der Waals surface area contributed by atoms with Gasteiger partial charge < -0.3 is 104 Å². The van der Waals surface area contributed by atoms with Crippen LogP contribution >= 0.6 is 0 Å². The number of fused-ring (bicyclic) bond motifs is 4. The van der Waals surface area contributed by atoms with E-state index in [0.29, 0.717) is 30.4 Å². The lowest BCUT2D eigenvalue weighted by Crippen LogP contribution is -2.66. The Morgan fingerprint density at radius 2 is 0.771 bits per heavy atom. The van der Waals surface area contributed by atoms with Gasteiger partial charge in [0.15, 0.2) is 0 Å². The first-order valence-corrected chi connectivity index (χ1v) is 45.8. The number of esters is 2. The van der Waals surface area contributed by atoms with Crippen LogP contribution in [0.25, 0.3) is 0 Å². The van der Waals surface area contributed by atoms with Crippen molar-refractivity contribution in [3.05, 3.63) is 59.7 Å². The molecule has 4 aliphatic rings. The van der Waals surface area contributed by atoms with Crippen LogP contribution in [0.15, 0.2) is 48.5 Å². The maximum atomic E-state index is 14.9. The number of hydrogen-bond acceptors (Lipinski definition) is 24. The van der Waals surface area contributed by atoms with Gasteiger partial charge in [-0.1, -0.05) is 154 Å². The van der Waals surface area contributed by atoms with E-state index in [1.54, 1.807) is 135 Å². The Kier molecular flexibility index (Phi) is 43.0. The Morgan fingerprint density at radius 3 is 1.08 bits per heavy atom. The van der Waals surface area contributed by atoms with Crippen molar-refractivity contribution in [3.63, 3.8) is 0 Å². The third kappa shape index (κ3) is 31.5. The van der Waals surface area contributed by atoms with Crippen LogP contribution in [-0.2, 0) is 109 Å². The second-order valence-corrected chi connectivity index (χ2v) is 37.4. The minimum Gasteiger partial charge on any atom is -0.508 e. The predicted molar refractivity (Wildman–Crippen MR) is 480 cm³/mol. The molecule has 2 aromatic rings. The van der Waals surface area contributed by atoms with Gasteiger partial charge >= 0.3 is 11.9 Å². The third-order valence-corrected chi connectivity index (χ3v) is 25.0. The van der Waals surface area contributed by atoms with Crippen molar-refractivity contribution in [2.75, 3.05) is 14.1 Å². The number of hydrogen-bond donors (Lipinski definition) is 14. The van der Waals surface area contributed by atoms with Crippen LogP contribution in [-0.4, -0.2) is 257 Å². The molecule has 4 heterocycles. The summed E-state index contributed by atoms with van der Waals surface area (Å²) < 4.78 is 11.8. The molecule has 2 aromatic carbocycles. The molecule has 4 bridgehead atoms. The number of aromatic hydroxyl groups is 2. The molecule has 5 unspecified atom stereocenters. The molecule has 0 radical (unpaired) electrons. The molecule has 4 aliphatic heterocycles. The van der Waals surface area contributed by atoms with E-state index in [0.717, 1.165) is 14.7 Å². The fraction of sp³-hybridized carbons (Fsp3) is 0.677. The third-order valence-electron chi connectivity index (χ3n) is 25.0. The van der Waals surface area contributed by atoms with Crippen molar-refractivity contribution in [2.45, 2.75) is 331 Å². The molecular formula is C93H144N14O24. The normalized spacial score (nSPS) is 26.4. The second kappa shape index (κ2) is 51.0. The number of nitrogens with one attached hydrogen (secondary N) is 8. The summed E-state index contributed by atoms with van der Waals surface area (Å²) in [6.07, 6.45) is -6.37. The number of phenolic OH excluding ortho intramolecular Hbond substituents is 2. The monoisotopic (exact) mass is 1840 g/mol. The van der Waals surface area contributed by atoms with Crippen molar-refractivity contribution >= 4 is 106 Å². The molecule has 14 amide bonds. The quantitative estimate of drug-likeness (QED) is 0.0483.